The fraction of sp³-hybridized carbons (Fsp3) is 0.333. The van der Waals surface area contributed by atoms with Gasteiger partial charge in [0.05, 0.1) is 6.54 Å². The predicted octanol–water partition coefficient (Wildman–Crippen LogP) is 1.01. The van der Waals surface area contributed by atoms with Crippen molar-refractivity contribution in [3.8, 4) is 0 Å². The van der Waals surface area contributed by atoms with Crippen LogP contribution in [0.4, 0.5) is 22.0 Å². The number of hydrogen-bond acceptors (Lipinski definition) is 3. The highest BCUT2D eigenvalue weighted by Crippen LogP contribution is 2.20. The molecule has 10 heteroatoms. The Balaban J connectivity index is 3.06. The van der Waals surface area contributed by atoms with Gasteiger partial charge in [-0.1, -0.05) is 0 Å². The van der Waals surface area contributed by atoms with Crippen molar-refractivity contribution in [1.29, 1.82) is 0 Å². The Bertz CT molecular complexity index is 575. The molecule has 0 spiro atoms. The van der Waals surface area contributed by atoms with E-state index in [-0.39, 0.29) is 0 Å². The smallest absolute Gasteiger partial charge is 0.283 e. The van der Waals surface area contributed by atoms with Crippen LogP contribution in [0.2, 0.25) is 0 Å². The first-order valence-electron chi connectivity index (χ1n) is 4.72. The molecule has 0 amide bonds. The first-order chi connectivity index (χ1) is 8.60. The Morgan fingerprint density at radius 1 is 1.16 bits per heavy atom. The number of halogens is 5. The molecule has 0 atom stereocenters. The van der Waals surface area contributed by atoms with Crippen molar-refractivity contribution in [2.75, 3.05) is 13.2 Å². The van der Waals surface area contributed by atoms with Crippen LogP contribution in [0, 0.1) is 17.5 Å². The lowest BCUT2D eigenvalue weighted by molar-refractivity contribution is -0.0437. The molecule has 0 radical (unpaired) electrons. The van der Waals surface area contributed by atoms with Gasteiger partial charge in [0.1, 0.15) is 11.5 Å². The van der Waals surface area contributed by atoms with E-state index in [1.165, 1.54) is 4.72 Å². The maximum Gasteiger partial charge on any atom is 0.283 e. The molecule has 19 heavy (non-hydrogen) atoms. The van der Waals surface area contributed by atoms with Crippen molar-refractivity contribution in [2.45, 2.75) is 10.8 Å². The Morgan fingerprint density at radius 2 is 1.74 bits per heavy atom. The first kappa shape index (κ1) is 15.8. The topological polar surface area (TPSA) is 66.4 Å². The summed E-state index contributed by atoms with van der Waals surface area (Å²) in [6, 6.07) is 0.740. The molecule has 1 rings (SSSR count). The third kappa shape index (κ3) is 3.61. The number of rotatable bonds is 5. The lowest BCUT2D eigenvalue weighted by atomic mass is 10.3. The van der Waals surface area contributed by atoms with E-state index in [1.54, 1.807) is 0 Å². The van der Waals surface area contributed by atoms with Crippen LogP contribution < -0.4 is 4.72 Å². The standard InChI is InChI=1S/C9H8F5NO3S/c10-5-1-2-6(8(12)7(5)11)19(17,18)15-3-9(13,14)4-16/h1-2,15-16H,3-4H2. The third-order valence-electron chi connectivity index (χ3n) is 2.04. The molecule has 0 aliphatic heterocycles. The minimum absolute atomic E-state index is 0.344. The van der Waals surface area contributed by atoms with Crippen molar-refractivity contribution in [1.82, 2.24) is 4.72 Å². The number of sulfonamides is 1. The summed E-state index contributed by atoms with van der Waals surface area (Å²) in [5.41, 5.74) is 0. The van der Waals surface area contributed by atoms with Crippen LogP contribution in [0.3, 0.4) is 0 Å². The van der Waals surface area contributed by atoms with Gasteiger partial charge in [-0.3, -0.25) is 0 Å². The zero-order valence-electron chi connectivity index (χ0n) is 9.13. The molecule has 0 fully saturated rings. The molecule has 0 aliphatic rings. The van der Waals surface area contributed by atoms with Crippen LogP contribution in [0.25, 0.3) is 0 Å². The summed E-state index contributed by atoms with van der Waals surface area (Å²) >= 11 is 0. The zero-order chi connectivity index (χ0) is 14.8. The van der Waals surface area contributed by atoms with Crippen LogP contribution in [0.5, 0.6) is 0 Å². The molecule has 0 aliphatic carbocycles. The van der Waals surface area contributed by atoms with E-state index in [4.69, 9.17) is 5.11 Å². The highest BCUT2D eigenvalue weighted by Gasteiger charge is 2.32. The van der Waals surface area contributed by atoms with Gasteiger partial charge in [0.15, 0.2) is 17.5 Å². The maximum atomic E-state index is 13.2. The molecule has 0 bridgehead atoms. The van der Waals surface area contributed by atoms with Gasteiger partial charge in [-0.2, -0.15) is 0 Å². The first-order valence-corrected chi connectivity index (χ1v) is 6.21. The summed E-state index contributed by atoms with van der Waals surface area (Å²) in [5.74, 6) is -9.42. The van der Waals surface area contributed by atoms with E-state index in [9.17, 15) is 30.4 Å². The second kappa shape index (κ2) is 5.39. The fourth-order valence-corrected chi connectivity index (χ4v) is 2.18. The van der Waals surface area contributed by atoms with E-state index in [0.29, 0.717) is 12.1 Å². The summed E-state index contributed by atoms with van der Waals surface area (Å²) in [5, 5.41) is 8.23. The summed E-state index contributed by atoms with van der Waals surface area (Å²) in [7, 11) is -4.80. The SMILES string of the molecule is O=S(=O)(NCC(F)(F)CO)c1ccc(F)c(F)c1F. The fourth-order valence-electron chi connectivity index (χ4n) is 1.05. The van der Waals surface area contributed by atoms with Gasteiger partial charge in [-0.25, -0.2) is 35.1 Å². The van der Waals surface area contributed by atoms with Crippen molar-refractivity contribution >= 4 is 10.0 Å². The van der Waals surface area contributed by atoms with Gasteiger partial charge in [0, 0.05) is 0 Å². The van der Waals surface area contributed by atoms with Gasteiger partial charge in [-0.05, 0) is 12.1 Å². The third-order valence-corrected chi connectivity index (χ3v) is 3.46. The minimum Gasteiger partial charge on any atom is -0.390 e. The number of hydrogen-bond donors (Lipinski definition) is 2. The number of benzene rings is 1. The van der Waals surface area contributed by atoms with Gasteiger partial charge in [0.2, 0.25) is 10.0 Å². The average Bonchev–Trinajstić information content (AvgIpc) is 2.34. The number of aliphatic hydroxyl groups excluding tert-OH is 1. The lowest BCUT2D eigenvalue weighted by Gasteiger charge is -2.14. The molecular weight excluding hydrogens is 297 g/mol. The summed E-state index contributed by atoms with van der Waals surface area (Å²) in [6.45, 7) is -3.14. The van der Waals surface area contributed by atoms with Gasteiger partial charge < -0.3 is 5.11 Å². The number of alkyl halides is 2. The lowest BCUT2D eigenvalue weighted by Crippen LogP contribution is -2.39. The Labute approximate surface area is 104 Å². The molecule has 4 nitrogen and oxygen atoms in total. The Morgan fingerprint density at radius 3 is 2.26 bits per heavy atom. The van der Waals surface area contributed by atoms with E-state index in [2.05, 4.69) is 0 Å². The average molecular weight is 305 g/mol. The molecule has 108 valence electrons. The molecule has 0 aromatic heterocycles. The minimum atomic E-state index is -4.80. The maximum absolute atomic E-state index is 13.2. The molecule has 0 heterocycles. The highest BCUT2D eigenvalue weighted by molar-refractivity contribution is 7.89. The largest absolute Gasteiger partial charge is 0.390 e. The van der Waals surface area contributed by atoms with Gasteiger partial charge in [-0.15, -0.1) is 0 Å². The molecule has 0 saturated heterocycles. The molecule has 1 aromatic rings. The van der Waals surface area contributed by atoms with Crippen molar-refractivity contribution in [2.24, 2.45) is 0 Å². The van der Waals surface area contributed by atoms with Crippen LogP contribution >= 0.6 is 0 Å². The van der Waals surface area contributed by atoms with Crippen molar-refractivity contribution in [3.05, 3.63) is 29.6 Å². The Hall–Kier alpha value is -1.26. The van der Waals surface area contributed by atoms with Crippen LogP contribution in [0.15, 0.2) is 17.0 Å². The van der Waals surface area contributed by atoms with E-state index in [0.717, 1.165) is 0 Å². The summed E-state index contributed by atoms with van der Waals surface area (Å²) in [4.78, 5) is -1.31. The second-order valence-electron chi connectivity index (χ2n) is 3.51. The zero-order valence-corrected chi connectivity index (χ0v) is 9.95. The van der Waals surface area contributed by atoms with E-state index >= 15 is 0 Å². The predicted molar refractivity (Wildman–Crippen MR) is 53.5 cm³/mol. The number of nitrogens with one attached hydrogen (secondary N) is 1. The summed E-state index contributed by atoms with van der Waals surface area (Å²) in [6.07, 6.45) is 0. The highest BCUT2D eigenvalue weighted by atomic mass is 32.2. The quantitative estimate of drug-likeness (QED) is 0.630. The summed E-state index contributed by atoms with van der Waals surface area (Å²) < 4.78 is 88.0. The monoisotopic (exact) mass is 305 g/mol. The van der Waals surface area contributed by atoms with Crippen LogP contribution in [-0.2, 0) is 10.0 Å². The molecule has 0 unspecified atom stereocenters. The van der Waals surface area contributed by atoms with Gasteiger partial charge >= 0.3 is 0 Å². The second-order valence-corrected chi connectivity index (χ2v) is 5.25. The van der Waals surface area contributed by atoms with Crippen LogP contribution in [-0.4, -0.2) is 32.6 Å². The molecule has 0 saturated carbocycles. The van der Waals surface area contributed by atoms with E-state index in [1.807, 2.05) is 0 Å². The molecule has 2 N–H and O–H groups in total. The van der Waals surface area contributed by atoms with Gasteiger partial charge in [0.25, 0.3) is 5.92 Å². The Kier molecular flexibility index (Phi) is 4.48. The van der Waals surface area contributed by atoms with Crippen molar-refractivity contribution in [3.63, 3.8) is 0 Å². The van der Waals surface area contributed by atoms with E-state index < -0.39 is 51.4 Å². The molecular formula is C9H8F5NO3S. The van der Waals surface area contributed by atoms with Crippen LogP contribution in [0.1, 0.15) is 0 Å². The molecule has 1 aromatic carbocycles. The normalized spacial score (nSPS) is 12.7. The number of aliphatic hydroxyl groups is 1. The van der Waals surface area contributed by atoms with Crippen molar-refractivity contribution < 1.29 is 35.5 Å².